The molecule has 0 atom stereocenters. The fourth-order valence-electron chi connectivity index (χ4n) is 2.96. The Hall–Kier alpha value is -2.30. The summed E-state index contributed by atoms with van der Waals surface area (Å²) in [6.07, 6.45) is 5.58. The van der Waals surface area contributed by atoms with Crippen LogP contribution in [0.3, 0.4) is 0 Å². The van der Waals surface area contributed by atoms with Crippen molar-refractivity contribution in [1.29, 1.82) is 5.26 Å². The fraction of sp³-hybridized carbons (Fsp3) is 0.350. The number of nitrogens with zero attached hydrogens (tertiary/aromatic N) is 1. The molecule has 3 rings (SSSR count). The van der Waals surface area contributed by atoms with Gasteiger partial charge in [0, 0.05) is 9.77 Å². The Morgan fingerprint density at radius 3 is 2.89 bits per heavy atom. The molecule has 5 nitrogen and oxygen atoms in total. The lowest BCUT2D eigenvalue weighted by Gasteiger charge is -2.09. The van der Waals surface area contributed by atoms with E-state index in [2.05, 4.69) is 11.4 Å². The van der Waals surface area contributed by atoms with Crippen molar-refractivity contribution in [1.82, 2.24) is 0 Å². The van der Waals surface area contributed by atoms with E-state index in [0.717, 1.165) is 30.6 Å². The molecule has 1 aliphatic carbocycles. The normalized spacial score (nSPS) is 13.1. The number of thiophene rings is 1. The molecule has 1 N–H and O–H groups in total. The van der Waals surface area contributed by atoms with Crippen molar-refractivity contribution in [3.05, 3.63) is 45.6 Å². The Labute approximate surface area is 166 Å². The van der Waals surface area contributed by atoms with E-state index >= 15 is 0 Å². The van der Waals surface area contributed by atoms with E-state index in [9.17, 15) is 9.59 Å². The highest BCUT2D eigenvalue weighted by Gasteiger charge is 2.18. The molecule has 0 radical (unpaired) electrons. The van der Waals surface area contributed by atoms with E-state index < -0.39 is 11.9 Å². The summed E-state index contributed by atoms with van der Waals surface area (Å²) in [6.45, 7) is -0.335. The van der Waals surface area contributed by atoms with Crippen LogP contribution < -0.4 is 5.32 Å². The number of nitriles is 1. The minimum atomic E-state index is -0.449. The summed E-state index contributed by atoms with van der Waals surface area (Å²) < 4.78 is 5.19. The molecule has 1 aliphatic rings. The molecule has 7 heteroatoms. The van der Waals surface area contributed by atoms with Crippen LogP contribution in [0.4, 0.5) is 5.69 Å². The molecule has 0 fully saturated rings. The minimum absolute atomic E-state index is 0.297. The molecule has 1 amide bonds. The molecule has 0 saturated heterocycles. The van der Waals surface area contributed by atoms with Crippen LogP contribution in [0.15, 0.2) is 35.2 Å². The van der Waals surface area contributed by atoms with Crippen LogP contribution in [0.1, 0.15) is 39.4 Å². The van der Waals surface area contributed by atoms with E-state index in [1.165, 1.54) is 40.0 Å². The summed E-state index contributed by atoms with van der Waals surface area (Å²) in [5.41, 5.74) is 1.86. The first-order valence-corrected chi connectivity index (χ1v) is 10.6. The summed E-state index contributed by atoms with van der Waals surface area (Å²) in [4.78, 5) is 27.1. The fourth-order valence-corrected chi connectivity index (χ4v) is 4.78. The number of carbonyl (C=O) groups is 2. The maximum absolute atomic E-state index is 12.3. The number of rotatable bonds is 6. The summed E-state index contributed by atoms with van der Waals surface area (Å²) in [5.74, 6) is -0.549. The first kappa shape index (κ1) is 19.5. The number of benzene rings is 1. The van der Waals surface area contributed by atoms with Gasteiger partial charge >= 0.3 is 5.97 Å². The number of fused-ring (bicyclic) bond motifs is 1. The van der Waals surface area contributed by atoms with Crippen LogP contribution in [0.25, 0.3) is 0 Å². The lowest BCUT2D eigenvalue weighted by atomic mass is 10.1. The number of thioether (sulfide) groups is 1. The Morgan fingerprint density at radius 1 is 1.22 bits per heavy atom. The van der Waals surface area contributed by atoms with Crippen LogP contribution in [0.5, 0.6) is 0 Å². The third-order valence-electron chi connectivity index (χ3n) is 4.24. The molecule has 1 aromatic heterocycles. The zero-order chi connectivity index (χ0) is 19.1. The Bertz CT molecular complexity index is 847. The lowest BCUT2D eigenvalue weighted by molar-refractivity contribution is -0.119. The third kappa shape index (κ3) is 5.34. The number of anilines is 1. The van der Waals surface area contributed by atoms with Crippen LogP contribution >= 0.6 is 23.1 Å². The number of hydrogen-bond acceptors (Lipinski definition) is 6. The molecular weight excluding hydrogens is 380 g/mol. The topological polar surface area (TPSA) is 79.2 Å². The van der Waals surface area contributed by atoms with E-state index in [1.807, 2.05) is 18.2 Å². The van der Waals surface area contributed by atoms with Crippen molar-refractivity contribution in [2.45, 2.75) is 37.0 Å². The van der Waals surface area contributed by atoms with Gasteiger partial charge in [0.2, 0.25) is 0 Å². The number of nitrogens with one attached hydrogen (secondary N) is 1. The van der Waals surface area contributed by atoms with Gasteiger partial charge in [-0.3, -0.25) is 4.79 Å². The first-order valence-electron chi connectivity index (χ1n) is 8.84. The van der Waals surface area contributed by atoms with Crippen molar-refractivity contribution < 1.29 is 14.3 Å². The predicted octanol–water partition coefficient (Wildman–Crippen LogP) is 4.43. The Kier molecular flexibility index (Phi) is 6.91. The number of ether oxygens (including phenoxy) is 1. The van der Waals surface area contributed by atoms with E-state index in [-0.39, 0.29) is 6.61 Å². The quantitative estimate of drug-likeness (QED) is 0.441. The van der Waals surface area contributed by atoms with Crippen molar-refractivity contribution in [3.8, 4) is 6.07 Å². The largest absolute Gasteiger partial charge is 0.451 e. The SMILES string of the molecule is N#CCSc1ccccc1NC(=O)COC(=O)c1cc2c(s1)CCCCC2. The molecule has 1 heterocycles. The lowest BCUT2D eigenvalue weighted by Crippen LogP contribution is -2.21. The molecule has 0 bridgehead atoms. The molecule has 0 saturated carbocycles. The van der Waals surface area contributed by atoms with Crippen LogP contribution in [0, 0.1) is 11.3 Å². The summed E-state index contributed by atoms with van der Waals surface area (Å²) in [7, 11) is 0. The van der Waals surface area contributed by atoms with Crippen LogP contribution in [0.2, 0.25) is 0 Å². The van der Waals surface area contributed by atoms with E-state index in [4.69, 9.17) is 10.00 Å². The standard InChI is InChI=1S/C20H20N2O3S2/c21-10-11-26-17-9-5-4-7-15(17)22-19(23)13-25-20(24)18-12-14-6-2-1-3-8-16(14)27-18/h4-5,7,9,12H,1-3,6,8,11,13H2,(H,22,23). The van der Waals surface area contributed by atoms with Gasteiger partial charge in [-0.05, 0) is 49.4 Å². The first-order chi connectivity index (χ1) is 13.2. The monoisotopic (exact) mass is 400 g/mol. The molecule has 0 unspecified atom stereocenters. The number of hydrogen-bond donors (Lipinski definition) is 1. The van der Waals surface area contributed by atoms with Crippen molar-refractivity contribution in [2.75, 3.05) is 17.7 Å². The summed E-state index contributed by atoms with van der Waals surface area (Å²) in [6, 6.07) is 11.2. The number of esters is 1. The molecule has 140 valence electrons. The van der Waals surface area contributed by atoms with Gasteiger partial charge in [-0.2, -0.15) is 5.26 Å². The molecule has 27 heavy (non-hydrogen) atoms. The maximum atomic E-state index is 12.3. The van der Waals surface area contributed by atoms with Crippen molar-refractivity contribution in [3.63, 3.8) is 0 Å². The van der Waals surface area contributed by atoms with Crippen LogP contribution in [-0.2, 0) is 22.4 Å². The second kappa shape index (κ2) is 9.58. The zero-order valence-corrected chi connectivity index (χ0v) is 16.5. The number of carbonyl (C=O) groups excluding carboxylic acids is 2. The Balaban J connectivity index is 1.55. The molecule has 0 aliphatic heterocycles. The average Bonchev–Trinajstić information content (AvgIpc) is 2.96. The molecule has 1 aromatic carbocycles. The number of aryl methyl sites for hydroxylation is 2. The van der Waals surface area contributed by atoms with Crippen molar-refractivity contribution >= 4 is 40.7 Å². The highest BCUT2D eigenvalue weighted by atomic mass is 32.2. The van der Waals surface area contributed by atoms with Gasteiger partial charge in [0.1, 0.15) is 4.88 Å². The maximum Gasteiger partial charge on any atom is 0.348 e. The second-order valence-electron chi connectivity index (χ2n) is 6.19. The van der Waals surface area contributed by atoms with Gasteiger partial charge in [0.25, 0.3) is 5.91 Å². The molecule has 2 aromatic rings. The highest BCUT2D eigenvalue weighted by molar-refractivity contribution is 7.99. The van der Waals surface area contributed by atoms with Crippen LogP contribution in [-0.4, -0.2) is 24.2 Å². The molecular formula is C20H20N2O3S2. The summed E-state index contributed by atoms with van der Waals surface area (Å²) >= 11 is 2.83. The second-order valence-corrected chi connectivity index (χ2v) is 8.34. The molecule has 0 spiro atoms. The van der Waals surface area contributed by atoms with Crippen molar-refractivity contribution in [2.24, 2.45) is 0 Å². The number of para-hydroxylation sites is 1. The van der Waals surface area contributed by atoms with Gasteiger partial charge in [0.15, 0.2) is 6.61 Å². The van der Waals surface area contributed by atoms with Gasteiger partial charge in [-0.25, -0.2) is 4.79 Å². The average molecular weight is 401 g/mol. The highest BCUT2D eigenvalue weighted by Crippen LogP contribution is 2.29. The van der Waals surface area contributed by atoms with E-state index in [0.29, 0.717) is 16.3 Å². The number of amides is 1. The van der Waals surface area contributed by atoms with E-state index in [1.54, 1.807) is 12.1 Å². The Morgan fingerprint density at radius 2 is 2.04 bits per heavy atom. The summed E-state index contributed by atoms with van der Waals surface area (Å²) in [5, 5.41) is 11.5. The van der Waals surface area contributed by atoms with Gasteiger partial charge < -0.3 is 10.1 Å². The smallest absolute Gasteiger partial charge is 0.348 e. The van der Waals surface area contributed by atoms with Gasteiger partial charge in [-0.15, -0.1) is 23.1 Å². The minimum Gasteiger partial charge on any atom is -0.451 e. The third-order valence-corrected chi connectivity index (χ3v) is 6.39. The van der Waals surface area contributed by atoms with Gasteiger partial charge in [-0.1, -0.05) is 18.6 Å². The predicted molar refractivity (Wildman–Crippen MR) is 107 cm³/mol. The van der Waals surface area contributed by atoms with Gasteiger partial charge in [0.05, 0.1) is 17.5 Å². The zero-order valence-electron chi connectivity index (χ0n) is 14.8.